The number of amides is 1. The van der Waals surface area contributed by atoms with Gasteiger partial charge in [0.2, 0.25) is 5.91 Å². The van der Waals surface area contributed by atoms with E-state index in [0.29, 0.717) is 30.4 Å². The molecule has 0 radical (unpaired) electrons. The van der Waals surface area contributed by atoms with Crippen LogP contribution in [0.25, 0.3) is 0 Å². The Morgan fingerprint density at radius 3 is 2.95 bits per heavy atom. The van der Waals surface area contributed by atoms with Crippen molar-refractivity contribution in [3.8, 4) is 5.75 Å². The van der Waals surface area contributed by atoms with Gasteiger partial charge in [-0.1, -0.05) is 31.9 Å². The minimum atomic E-state index is 0.0581. The fraction of sp³-hybridized carbons (Fsp3) is 0.588. The summed E-state index contributed by atoms with van der Waals surface area (Å²) in [5, 5.41) is 3.02. The van der Waals surface area contributed by atoms with Crippen LogP contribution in [0.5, 0.6) is 5.75 Å². The SMILES string of the molecule is CC1CCCC(CNC(=O)CCOc2ccccc2N)C1. The summed E-state index contributed by atoms with van der Waals surface area (Å²) in [6.07, 6.45) is 5.46. The van der Waals surface area contributed by atoms with Gasteiger partial charge < -0.3 is 15.8 Å². The van der Waals surface area contributed by atoms with Gasteiger partial charge in [-0.3, -0.25) is 4.79 Å². The van der Waals surface area contributed by atoms with E-state index in [9.17, 15) is 4.79 Å². The standard InChI is InChI=1S/C17H26N2O2/c1-13-5-4-6-14(11-13)12-19-17(20)9-10-21-16-8-3-2-7-15(16)18/h2-3,7-8,13-14H,4-6,9-12,18H2,1H3,(H,19,20). The van der Waals surface area contributed by atoms with Gasteiger partial charge in [-0.25, -0.2) is 0 Å². The maximum atomic E-state index is 11.8. The molecule has 0 heterocycles. The lowest BCUT2D eigenvalue weighted by Gasteiger charge is -2.26. The molecule has 4 nitrogen and oxygen atoms in total. The monoisotopic (exact) mass is 290 g/mol. The van der Waals surface area contributed by atoms with Crippen LogP contribution in [0.4, 0.5) is 5.69 Å². The summed E-state index contributed by atoms with van der Waals surface area (Å²) < 4.78 is 5.53. The molecular weight excluding hydrogens is 264 g/mol. The summed E-state index contributed by atoms with van der Waals surface area (Å²) in [7, 11) is 0. The normalized spacial score (nSPS) is 21.8. The molecule has 2 atom stereocenters. The Kier molecular flexibility index (Phi) is 5.90. The molecule has 116 valence electrons. The summed E-state index contributed by atoms with van der Waals surface area (Å²) in [6.45, 7) is 3.46. The summed E-state index contributed by atoms with van der Waals surface area (Å²) in [6, 6.07) is 7.34. The maximum Gasteiger partial charge on any atom is 0.223 e. The van der Waals surface area contributed by atoms with Crippen LogP contribution in [0.3, 0.4) is 0 Å². The van der Waals surface area contributed by atoms with E-state index in [4.69, 9.17) is 10.5 Å². The summed E-state index contributed by atoms with van der Waals surface area (Å²) in [4.78, 5) is 11.8. The lowest BCUT2D eigenvalue weighted by Crippen LogP contribution is -2.32. The number of ether oxygens (including phenoxy) is 1. The molecule has 0 spiro atoms. The van der Waals surface area contributed by atoms with Crippen molar-refractivity contribution in [3.05, 3.63) is 24.3 Å². The molecule has 1 aromatic carbocycles. The molecule has 1 fully saturated rings. The van der Waals surface area contributed by atoms with E-state index in [1.54, 1.807) is 6.07 Å². The van der Waals surface area contributed by atoms with Gasteiger partial charge in [-0.2, -0.15) is 0 Å². The molecule has 0 aliphatic heterocycles. The highest BCUT2D eigenvalue weighted by atomic mass is 16.5. The maximum absolute atomic E-state index is 11.8. The van der Waals surface area contributed by atoms with Crippen LogP contribution in [0.1, 0.15) is 39.0 Å². The molecule has 2 rings (SSSR count). The third kappa shape index (κ3) is 5.29. The largest absolute Gasteiger partial charge is 0.491 e. The van der Waals surface area contributed by atoms with Crippen molar-refractivity contribution in [2.45, 2.75) is 39.0 Å². The van der Waals surface area contributed by atoms with Crippen molar-refractivity contribution < 1.29 is 9.53 Å². The molecule has 1 saturated carbocycles. The van der Waals surface area contributed by atoms with Crippen molar-refractivity contribution in [2.75, 3.05) is 18.9 Å². The number of hydrogen-bond acceptors (Lipinski definition) is 3. The van der Waals surface area contributed by atoms with Crippen molar-refractivity contribution in [1.82, 2.24) is 5.32 Å². The van der Waals surface area contributed by atoms with Crippen LogP contribution in [0.15, 0.2) is 24.3 Å². The Balaban J connectivity index is 1.62. The number of benzene rings is 1. The average Bonchev–Trinajstić information content (AvgIpc) is 2.47. The van der Waals surface area contributed by atoms with Gasteiger partial charge in [0, 0.05) is 6.54 Å². The zero-order valence-corrected chi connectivity index (χ0v) is 12.8. The quantitative estimate of drug-likeness (QED) is 0.792. The van der Waals surface area contributed by atoms with E-state index in [1.807, 2.05) is 18.2 Å². The number of nitrogens with two attached hydrogens (primary N) is 1. The first-order valence-corrected chi connectivity index (χ1v) is 7.89. The number of anilines is 1. The van der Waals surface area contributed by atoms with E-state index in [0.717, 1.165) is 12.5 Å². The molecule has 0 bridgehead atoms. The van der Waals surface area contributed by atoms with E-state index >= 15 is 0 Å². The number of nitrogens with one attached hydrogen (secondary N) is 1. The Morgan fingerprint density at radius 2 is 2.19 bits per heavy atom. The second-order valence-corrected chi connectivity index (χ2v) is 6.08. The first-order valence-electron chi connectivity index (χ1n) is 7.89. The zero-order valence-electron chi connectivity index (χ0n) is 12.8. The number of nitrogen functional groups attached to an aromatic ring is 1. The molecule has 1 aromatic rings. The van der Waals surface area contributed by atoms with Gasteiger partial charge in [-0.15, -0.1) is 0 Å². The highest BCUT2D eigenvalue weighted by Crippen LogP contribution is 2.27. The summed E-state index contributed by atoms with van der Waals surface area (Å²) >= 11 is 0. The smallest absolute Gasteiger partial charge is 0.223 e. The van der Waals surface area contributed by atoms with Crippen LogP contribution in [-0.4, -0.2) is 19.1 Å². The highest BCUT2D eigenvalue weighted by molar-refractivity contribution is 5.76. The van der Waals surface area contributed by atoms with Crippen LogP contribution < -0.4 is 15.8 Å². The number of rotatable bonds is 6. The van der Waals surface area contributed by atoms with E-state index in [2.05, 4.69) is 12.2 Å². The molecule has 3 N–H and O–H groups in total. The van der Waals surface area contributed by atoms with Gasteiger partial charge in [0.15, 0.2) is 0 Å². The molecule has 1 aliphatic rings. The molecule has 0 saturated heterocycles. The molecule has 2 unspecified atom stereocenters. The van der Waals surface area contributed by atoms with Crippen molar-refractivity contribution >= 4 is 11.6 Å². The topological polar surface area (TPSA) is 64.3 Å². The van der Waals surface area contributed by atoms with Crippen LogP contribution in [0.2, 0.25) is 0 Å². The molecule has 1 aliphatic carbocycles. The fourth-order valence-electron chi connectivity index (χ4n) is 2.96. The first kappa shape index (κ1) is 15.7. The first-order chi connectivity index (χ1) is 10.1. The van der Waals surface area contributed by atoms with Crippen molar-refractivity contribution in [2.24, 2.45) is 11.8 Å². The molecule has 4 heteroatoms. The predicted octanol–water partition coefficient (Wildman–Crippen LogP) is 2.98. The highest BCUT2D eigenvalue weighted by Gasteiger charge is 2.19. The van der Waals surface area contributed by atoms with Crippen molar-refractivity contribution in [1.29, 1.82) is 0 Å². The van der Waals surface area contributed by atoms with E-state index in [-0.39, 0.29) is 5.91 Å². The third-order valence-electron chi connectivity index (χ3n) is 4.14. The Morgan fingerprint density at radius 1 is 1.38 bits per heavy atom. The third-order valence-corrected chi connectivity index (χ3v) is 4.14. The van der Waals surface area contributed by atoms with Crippen LogP contribution in [0, 0.1) is 11.8 Å². The van der Waals surface area contributed by atoms with Crippen LogP contribution in [-0.2, 0) is 4.79 Å². The number of hydrogen-bond donors (Lipinski definition) is 2. The van der Waals surface area contributed by atoms with Gasteiger partial charge >= 0.3 is 0 Å². The summed E-state index contributed by atoms with van der Waals surface area (Å²) in [5.41, 5.74) is 6.39. The fourth-order valence-corrected chi connectivity index (χ4v) is 2.96. The molecule has 0 aromatic heterocycles. The number of carbonyl (C=O) groups excluding carboxylic acids is 1. The van der Waals surface area contributed by atoms with Crippen molar-refractivity contribution in [3.63, 3.8) is 0 Å². The lowest BCUT2D eigenvalue weighted by atomic mass is 9.82. The van der Waals surface area contributed by atoms with Crippen LogP contribution >= 0.6 is 0 Å². The molecule has 21 heavy (non-hydrogen) atoms. The Hall–Kier alpha value is -1.71. The van der Waals surface area contributed by atoms with Gasteiger partial charge in [0.1, 0.15) is 5.75 Å². The minimum Gasteiger partial charge on any atom is -0.491 e. The van der Waals surface area contributed by atoms with Gasteiger partial charge in [-0.05, 0) is 36.8 Å². The molecule has 1 amide bonds. The number of para-hydroxylation sites is 2. The Bertz CT molecular complexity index is 462. The van der Waals surface area contributed by atoms with E-state index in [1.165, 1.54) is 25.7 Å². The summed E-state index contributed by atoms with van der Waals surface area (Å²) in [5.74, 6) is 2.14. The second kappa shape index (κ2) is 7.91. The Labute approximate surface area is 127 Å². The predicted molar refractivity (Wildman–Crippen MR) is 85.1 cm³/mol. The second-order valence-electron chi connectivity index (χ2n) is 6.08. The van der Waals surface area contributed by atoms with Gasteiger partial charge in [0.05, 0.1) is 18.7 Å². The zero-order chi connectivity index (χ0) is 15.1. The minimum absolute atomic E-state index is 0.0581. The number of carbonyl (C=O) groups is 1. The van der Waals surface area contributed by atoms with E-state index < -0.39 is 0 Å². The average molecular weight is 290 g/mol. The lowest BCUT2D eigenvalue weighted by molar-refractivity contribution is -0.121. The molecular formula is C17H26N2O2. The van der Waals surface area contributed by atoms with Gasteiger partial charge in [0.25, 0.3) is 0 Å².